The maximum absolute atomic E-state index is 12.1. The quantitative estimate of drug-likeness (QED) is 0.886. The Morgan fingerprint density at radius 2 is 2.19 bits per heavy atom. The second-order valence-corrected chi connectivity index (χ2v) is 5.39. The molecule has 0 saturated carbocycles. The Labute approximate surface area is 126 Å². The number of thiophene rings is 1. The lowest BCUT2D eigenvalue weighted by Gasteiger charge is -2.20. The summed E-state index contributed by atoms with van der Waals surface area (Å²) in [6.45, 7) is 0.309. The van der Waals surface area contributed by atoms with Crippen LogP contribution in [0.2, 0.25) is 0 Å². The smallest absolute Gasteiger partial charge is 0.331 e. The number of rotatable bonds is 5. The number of nitrogens with zero attached hydrogens (tertiary/aromatic N) is 2. The molecule has 0 saturated heterocycles. The van der Waals surface area contributed by atoms with Gasteiger partial charge in [0.2, 0.25) is 0 Å². The fourth-order valence-corrected chi connectivity index (χ4v) is 2.52. The number of hydrogen-bond donors (Lipinski definition) is 2. The summed E-state index contributed by atoms with van der Waals surface area (Å²) in [4.78, 5) is 29.5. The zero-order valence-electron chi connectivity index (χ0n) is 11.4. The van der Waals surface area contributed by atoms with E-state index in [4.69, 9.17) is 0 Å². The van der Waals surface area contributed by atoms with Crippen LogP contribution >= 0.6 is 11.3 Å². The van der Waals surface area contributed by atoms with Crippen molar-refractivity contribution in [3.63, 3.8) is 0 Å². The average molecular weight is 305 g/mol. The van der Waals surface area contributed by atoms with Gasteiger partial charge in [-0.2, -0.15) is 0 Å². The van der Waals surface area contributed by atoms with Gasteiger partial charge in [0, 0.05) is 18.1 Å². The molecule has 0 aliphatic rings. The van der Waals surface area contributed by atoms with E-state index in [9.17, 15) is 14.7 Å². The summed E-state index contributed by atoms with van der Waals surface area (Å²) in [5.74, 6) is -1.09. The van der Waals surface area contributed by atoms with Gasteiger partial charge < -0.3 is 15.3 Å². The van der Waals surface area contributed by atoms with E-state index >= 15 is 0 Å². The third-order valence-electron chi connectivity index (χ3n) is 2.81. The molecule has 2 heterocycles. The normalized spacial score (nSPS) is 11.7. The molecule has 2 amide bonds. The Bertz CT molecular complexity index is 601. The minimum absolute atomic E-state index is 0.309. The molecule has 0 fully saturated rings. The molecule has 21 heavy (non-hydrogen) atoms. The lowest BCUT2D eigenvalue weighted by atomic mass is 10.2. The molecule has 110 valence electrons. The first-order chi connectivity index (χ1) is 10.1. The molecule has 0 aromatic carbocycles. The SMILES string of the molecule is CN(Cc1ccccn1)C(=O)NC(C(=O)O)c1cccs1. The van der Waals surface area contributed by atoms with E-state index in [2.05, 4.69) is 10.3 Å². The van der Waals surface area contributed by atoms with Gasteiger partial charge in [0.05, 0.1) is 12.2 Å². The third-order valence-corrected chi connectivity index (χ3v) is 3.75. The van der Waals surface area contributed by atoms with Crippen molar-refractivity contribution in [3.8, 4) is 0 Å². The number of urea groups is 1. The maximum atomic E-state index is 12.1. The molecule has 0 radical (unpaired) electrons. The fraction of sp³-hybridized carbons (Fsp3) is 0.214. The van der Waals surface area contributed by atoms with E-state index in [1.807, 2.05) is 6.07 Å². The highest BCUT2D eigenvalue weighted by Crippen LogP contribution is 2.19. The van der Waals surface area contributed by atoms with Crippen LogP contribution in [0.25, 0.3) is 0 Å². The Balaban J connectivity index is 2.00. The highest BCUT2D eigenvalue weighted by molar-refractivity contribution is 7.10. The Kier molecular flexibility index (Phi) is 4.89. The number of carboxylic acids is 1. The number of aromatic nitrogens is 1. The predicted molar refractivity (Wildman–Crippen MR) is 78.9 cm³/mol. The number of pyridine rings is 1. The molecular formula is C14H15N3O3S. The largest absolute Gasteiger partial charge is 0.479 e. The van der Waals surface area contributed by atoms with Crippen molar-refractivity contribution in [2.45, 2.75) is 12.6 Å². The summed E-state index contributed by atoms with van der Waals surface area (Å²) in [7, 11) is 1.59. The van der Waals surface area contributed by atoms with Crippen LogP contribution < -0.4 is 5.32 Å². The van der Waals surface area contributed by atoms with Gasteiger partial charge in [-0.1, -0.05) is 12.1 Å². The Hall–Kier alpha value is -2.41. The summed E-state index contributed by atoms with van der Waals surface area (Å²) in [6.07, 6.45) is 1.65. The highest BCUT2D eigenvalue weighted by atomic mass is 32.1. The molecule has 1 unspecified atom stereocenters. The second-order valence-electron chi connectivity index (χ2n) is 4.41. The summed E-state index contributed by atoms with van der Waals surface area (Å²) in [5, 5.41) is 13.5. The van der Waals surface area contributed by atoms with E-state index in [-0.39, 0.29) is 0 Å². The maximum Gasteiger partial charge on any atom is 0.331 e. The summed E-state index contributed by atoms with van der Waals surface area (Å²) >= 11 is 1.29. The van der Waals surface area contributed by atoms with E-state index in [0.29, 0.717) is 11.4 Å². The molecule has 2 aromatic rings. The van der Waals surface area contributed by atoms with E-state index in [1.54, 1.807) is 42.9 Å². The zero-order chi connectivity index (χ0) is 15.2. The molecule has 0 spiro atoms. The van der Waals surface area contributed by atoms with E-state index in [0.717, 1.165) is 5.69 Å². The first-order valence-corrected chi connectivity index (χ1v) is 7.13. The number of nitrogens with one attached hydrogen (secondary N) is 1. The lowest BCUT2D eigenvalue weighted by Crippen LogP contribution is -2.41. The average Bonchev–Trinajstić information content (AvgIpc) is 2.99. The molecule has 7 heteroatoms. The van der Waals surface area contributed by atoms with Crippen LogP contribution in [0.5, 0.6) is 0 Å². The number of carboxylic acid groups (broad SMARTS) is 1. The van der Waals surface area contributed by atoms with Crippen LogP contribution in [0.4, 0.5) is 4.79 Å². The van der Waals surface area contributed by atoms with Crippen molar-refractivity contribution in [2.75, 3.05) is 7.05 Å². The lowest BCUT2D eigenvalue weighted by molar-refractivity contribution is -0.139. The molecule has 2 N–H and O–H groups in total. The molecule has 2 aromatic heterocycles. The van der Waals surface area contributed by atoms with Gasteiger partial charge in [-0.15, -0.1) is 11.3 Å². The second kappa shape index (κ2) is 6.85. The number of carbonyl (C=O) groups excluding carboxylic acids is 1. The number of aliphatic carboxylic acids is 1. The topological polar surface area (TPSA) is 82.5 Å². The Morgan fingerprint density at radius 1 is 1.38 bits per heavy atom. The first kappa shape index (κ1) is 15.0. The van der Waals surface area contributed by atoms with Gasteiger partial charge in [-0.05, 0) is 23.6 Å². The minimum Gasteiger partial charge on any atom is -0.479 e. The fourth-order valence-electron chi connectivity index (χ4n) is 1.75. The van der Waals surface area contributed by atoms with E-state index in [1.165, 1.54) is 16.2 Å². The van der Waals surface area contributed by atoms with Crippen LogP contribution in [0.15, 0.2) is 41.9 Å². The van der Waals surface area contributed by atoms with Crippen molar-refractivity contribution in [1.29, 1.82) is 0 Å². The van der Waals surface area contributed by atoms with Crippen LogP contribution in [0.3, 0.4) is 0 Å². The molecule has 1 atom stereocenters. The molecule has 0 aliphatic carbocycles. The summed E-state index contributed by atoms with van der Waals surface area (Å²) in [6, 6.07) is 7.37. The van der Waals surface area contributed by atoms with Gasteiger partial charge in [-0.25, -0.2) is 9.59 Å². The molecular weight excluding hydrogens is 290 g/mol. The van der Waals surface area contributed by atoms with Crippen molar-refractivity contribution in [2.24, 2.45) is 0 Å². The molecule has 2 rings (SSSR count). The van der Waals surface area contributed by atoms with Crippen LogP contribution in [-0.4, -0.2) is 34.0 Å². The zero-order valence-corrected chi connectivity index (χ0v) is 12.2. The van der Waals surface area contributed by atoms with Crippen molar-refractivity contribution < 1.29 is 14.7 Å². The summed E-state index contributed by atoms with van der Waals surface area (Å²) in [5.41, 5.74) is 0.734. The van der Waals surface area contributed by atoms with Gasteiger partial charge in [-0.3, -0.25) is 4.98 Å². The van der Waals surface area contributed by atoms with Crippen molar-refractivity contribution in [3.05, 3.63) is 52.5 Å². The first-order valence-electron chi connectivity index (χ1n) is 6.25. The van der Waals surface area contributed by atoms with E-state index < -0.39 is 18.0 Å². The van der Waals surface area contributed by atoms with Gasteiger partial charge in [0.1, 0.15) is 0 Å². The number of carbonyl (C=O) groups is 2. The Morgan fingerprint density at radius 3 is 2.76 bits per heavy atom. The standard InChI is InChI=1S/C14H15N3O3S/c1-17(9-10-5-2-3-7-15-10)14(20)16-12(13(18)19)11-6-4-8-21-11/h2-8,12H,9H2,1H3,(H,16,20)(H,18,19). The van der Waals surface area contributed by atoms with Crippen molar-refractivity contribution >= 4 is 23.3 Å². The molecule has 0 aliphatic heterocycles. The summed E-state index contributed by atoms with van der Waals surface area (Å²) < 4.78 is 0. The van der Waals surface area contributed by atoms with Gasteiger partial charge in [0.15, 0.2) is 6.04 Å². The monoisotopic (exact) mass is 305 g/mol. The van der Waals surface area contributed by atoms with Gasteiger partial charge in [0.25, 0.3) is 0 Å². The third kappa shape index (κ3) is 4.03. The van der Waals surface area contributed by atoms with Gasteiger partial charge >= 0.3 is 12.0 Å². The highest BCUT2D eigenvalue weighted by Gasteiger charge is 2.24. The van der Waals surface area contributed by atoms with Crippen LogP contribution in [0.1, 0.15) is 16.6 Å². The van der Waals surface area contributed by atoms with Crippen LogP contribution in [-0.2, 0) is 11.3 Å². The predicted octanol–water partition coefficient (Wildman–Crippen LogP) is 2.11. The molecule has 0 bridgehead atoms. The number of hydrogen-bond acceptors (Lipinski definition) is 4. The molecule has 6 nitrogen and oxygen atoms in total. The van der Waals surface area contributed by atoms with Crippen LogP contribution in [0, 0.1) is 0 Å². The van der Waals surface area contributed by atoms with Crippen molar-refractivity contribution in [1.82, 2.24) is 15.2 Å². The minimum atomic E-state index is -1.09. The number of amides is 2.